The molecule has 4 aliphatic carbocycles. The van der Waals surface area contributed by atoms with Gasteiger partial charge in [-0.25, -0.2) is 0 Å². The number of para-hydroxylation sites is 1. The number of anilines is 3. The van der Waals surface area contributed by atoms with Gasteiger partial charge in [0.05, 0.1) is 16.5 Å². The minimum Gasteiger partial charge on any atom is -0.449 e. The zero-order valence-electron chi connectivity index (χ0n) is 35.5. The Kier molecular flexibility index (Phi) is 7.65. The largest absolute Gasteiger partial charge is 0.449 e. The minimum atomic E-state index is -0.521. The summed E-state index contributed by atoms with van der Waals surface area (Å²) in [5.74, 6) is 2.88. The molecule has 0 amide bonds. The predicted octanol–water partition coefficient (Wildman–Crippen LogP) is 15.8. The van der Waals surface area contributed by atoms with Crippen molar-refractivity contribution in [3.63, 3.8) is 0 Å². The van der Waals surface area contributed by atoms with E-state index in [4.69, 9.17) is 9.47 Å². The first-order valence-corrected chi connectivity index (χ1v) is 22.7. The zero-order chi connectivity index (χ0) is 42.7. The number of rotatable bonds is 5. The lowest BCUT2D eigenvalue weighted by molar-refractivity contribution is 0.360. The molecule has 0 radical (unpaired) electrons. The van der Waals surface area contributed by atoms with Gasteiger partial charge < -0.3 is 14.4 Å². The summed E-state index contributed by atoms with van der Waals surface area (Å²) in [6.45, 7) is 0. The first-order chi connectivity index (χ1) is 32.2. The molecule has 9 aromatic carbocycles. The summed E-state index contributed by atoms with van der Waals surface area (Å²) in [5.41, 5.74) is 20.1. The zero-order valence-corrected chi connectivity index (χ0v) is 35.5. The average Bonchev–Trinajstić information content (AvgIpc) is 3.97. The summed E-state index contributed by atoms with van der Waals surface area (Å²) in [6, 6.07) is 77.3. The van der Waals surface area contributed by atoms with Crippen LogP contribution in [0, 0.1) is 0 Å². The van der Waals surface area contributed by atoms with Crippen LogP contribution in [0.5, 0.6) is 23.0 Å². The van der Waals surface area contributed by atoms with Crippen LogP contribution in [0.3, 0.4) is 0 Å². The molecule has 1 spiro atoms. The summed E-state index contributed by atoms with van der Waals surface area (Å²) >= 11 is 0. The molecule has 0 fully saturated rings. The molecule has 3 nitrogen and oxygen atoms in total. The van der Waals surface area contributed by atoms with E-state index >= 15 is 0 Å². The minimum absolute atomic E-state index is 0.378. The maximum Gasteiger partial charge on any atom is 0.178 e. The van der Waals surface area contributed by atoms with E-state index in [-0.39, 0.29) is 5.41 Å². The van der Waals surface area contributed by atoms with Gasteiger partial charge in [-0.05, 0) is 128 Å². The fraction of sp³-hybridized carbons (Fsp3) is 0.0645. The average molecular weight is 832 g/mol. The number of hydrogen-bond donors (Lipinski definition) is 0. The van der Waals surface area contributed by atoms with Gasteiger partial charge >= 0.3 is 0 Å². The number of fused-ring (bicyclic) bond motifs is 15. The number of ether oxygens (including phenoxy) is 2. The van der Waals surface area contributed by atoms with Gasteiger partial charge in [0.25, 0.3) is 0 Å². The molecule has 306 valence electrons. The fourth-order valence-electron chi connectivity index (χ4n) is 12.3. The first kappa shape index (κ1) is 36.4. The van der Waals surface area contributed by atoms with Crippen molar-refractivity contribution in [3.8, 4) is 45.3 Å². The third kappa shape index (κ3) is 4.85. The second-order valence-corrected chi connectivity index (χ2v) is 17.8. The monoisotopic (exact) mass is 831 g/mol. The lowest BCUT2D eigenvalue weighted by Gasteiger charge is -2.35. The van der Waals surface area contributed by atoms with Gasteiger partial charge in [0.1, 0.15) is 0 Å². The van der Waals surface area contributed by atoms with Crippen molar-refractivity contribution in [1.29, 1.82) is 0 Å². The Morgan fingerprint density at radius 1 is 0.385 bits per heavy atom. The Morgan fingerprint density at radius 2 is 0.954 bits per heavy atom. The molecule has 5 aliphatic rings. The Morgan fingerprint density at radius 3 is 1.69 bits per heavy atom. The number of allylic oxidation sites excluding steroid dienone is 4. The Hall–Kier alpha value is -8.14. The molecule has 0 bridgehead atoms. The summed E-state index contributed by atoms with van der Waals surface area (Å²) in [5, 5.41) is 0. The van der Waals surface area contributed by atoms with Crippen LogP contribution in [-0.4, -0.2) is 0 Å². The Balaban J connectivity index is 0.915. The van der Waals surface area contributed by atoms with E-state index in [1.807, 2.05) is 0 Å². The SMILES string of the molecule is C1=CC2=C(CC1)C1(c3ccccc32)c2ccccc2-c2c1ccc1c2Oc2ccc(N(c3ccccc3)c3ccc4c(c3)C(c3ccccc3)(c3ccccc3)c3ccccc3-4)cc2O1. The molecule has 65 heavy (non-hydrogen) atoms. The highest BCUT2D eigenvalue weighted by Gasteiger charge is 2.54. The van der Waals surface area contributed by atoms with E-state index in [9.17, 15) is 0 Å². The standard InChI is InChI=1S/C62H41NO2/c1-4-18-40(19-5-1)61(41-20-6-2-7-21-41)50-28-14-10-26-47(50)48-34-32-43(38-55(48)61)63(42-22-8-3-9-23-42)44-33-36-56-58(39-44)64-57-37-35-54-59(60(57)65-56)49-27-13-17-31-53(49)62(54)51-29-15-11-24-45(51)46-25-12-16-30-52(46)62/h1-15,17-29,31-39H,16,30H2. The van der Waals surface area contributed by atoms with Crippen molar-refractivity contribution in [3.05, 3.63) is 275 Å². The van der Waals surface area contributed by atoms with E-state index in [1.54, 1.807) is 0 Å². The lowest BCUT2D eigenvalue weighted by atomic mass is 9.67. The molecular formula is C62H41NO2. The quantitative estimate of drug-likeness (QED) is 0.172. The first-order valence-electron chi connectivity index (χ1n) is 22.7. The Bertz CT molecular complexity index is 3460. The molecule has 0 saturated carbocycles. The third-order valence-electron chi connectivity index (χ3n) is 14.7. The fourth-order valence-corrected chi connectivity index (χ4v) is 12.3. The summed E-state index contributed by atoms with van der Waals surface area (Å²) in [7, 11) is 0. The highest BCUT2D eigenvalue weighted by Crippen LogP contribution is 2.67. The smallest absolute Gasteiger partial charge is 0.178 e. The predicted molar refractivity (Wildman–Crippen MR) is 262 cm³/mol. The molecule has 1 heterocycles. The van der Waals surface area contributed by atoms with Gasteiger partial charge in [-0.15, -0.1) is 0 Å². The second-order valence-electron chi connectivity index (χ2n) is 17.8. The second kappa shape index (κ2) is 13.7. The maximum atomic E-state index is 7.10. The van der Waals surface area contributed by atoms with Crippen LogP contribution in [0.2, 0.25) is 0 Å². The number of nitrogens with zero attached hydrogens (tertiary/aromatic N) is 1. The molecule has 1 unspecified atom stereocenters. The van der Waals surface area contributed by atoms with Crippen LogP contribution < -0.4 is 14.4 Å². The molecule has 0 aromatic heterocycles. The molecule has 1 aliphatic heterocycles. The van der Waals surface area contributed by atoms with Gasteiger partial charge in [0.2, 0.25) is 0 Å². The van der Waals surface area contributed by atoms with Crippen LogP contribution in [0.15, 0.2) is 230 Å². The molecule has 9 aromatic rings. The van der Waals surface area contributed by atoms with Crippen LogP contribution in [0.4, 0.5) is 17.1 Å². The highest BCUT2D eigenvalue weighted by molar-refractivity contribution is 5.99. The number of benzene rings is 9. The normalized spacial score (nSPS) is 17.1. The lowest BCUT2D eigenvalue weighted by Crippen LogP contribution is -2.28. The van der Waals surface area contributed by atoms with Gasteiger partial charge in [-0.2, -0.15) is 0 Å². The molecule has 14 rings (SSSR count). The van der Waals surface area contributed by atoms with Crippen LogP contribution in [0.1, 0.15) is 57.3 Å². The van der Waals surface area contributed by atoms with E-state index in [1.165, 1.54) is 72.3 Å². The van der Waals surface area contributed by atoms with E-state index < -0.39 is 5.41 Å². The van der Waals surface area contributed by atoms with Gasteiger partial charge in [-0.3, -0.25) is 0 Å². The molecule has 0 saturated heterocycles. The summed E-state index contributed by atoms with van der Waals surface area (Å²) < 4.78 is 14.1. The summed E-state index contributed by atoms with van der Waals surface area (Å²) in [6.07, 6.45) is 6.73. The molecule has 1 atom stereocenters. The highest BCUT2D eigenvalue weighted by atomic mass is 16.6. The number of hydrogen-bond acceptors (Lipinski definition) is 3. The van der Waals surface area contributed by atoms with Crippen LogP contribution in [-0.2, 0) is 10.8 Å². The van der Waals surface area contributed by atoms with Gasteiger partial charge in [0.15, 0.2) is 23.0 Å². The van der Waals surface area contributed by atoms with Crippen LogP contribution in [0.25, 0.3) is 27.8 Å². The van der Waals surface area contributed by atoms with E-state index in [2.05, 4.69) is 229 Å². The third-order valence-corrected chi connectivity index (χ3v) is 14.7. The van der Waals surface area contributed by atoms with Crippen LogP contribution >= 0.6 is 0 Å². The van der Waals surface area contributed by atoms with E-state index in [0.29, 0.717) is 11.5 Å². The molecular weight excluding hydrogens is 791 g/mol. The van der Waals surface area contributed by atoms with Crippen molar-refractivity contribution in [2.24, 2.45) is 0 Å². The Labute approximate surface area is 378 Å². The van der Waals surface area contributed by atoms with Crippen molar-refractivity contribution < 1.29 is 9.47 Å². The van der Waals surface area contributed by atoms with Crippen molar-refractivity contribution in [2.75, 3.05) is 4.90 Å². The maximum absolute atomic E-state index is 7.10. The molecule has 3 heteroatoms. The van der Waals surface area contributed by atoms with E-state index in [0.717, 1.165) is 47.0 Å². The van der Waals surface area contributed by atoms with Gasteiger partial charge in [-0.1, -0.05) is 176 Å². The van der Waals surface area contributed by atoms with Crippen molar-refractivity contribution in [1.82, 2.24) is 0 Å². The summed E-state index contributed by atoms with van der Waals surface area (Å²) in [4.78, 5) is 2.34. The molecule has 0 N–H and O–H groups in total. The topological polar surface area (TPSA) is 21.7 Å². The van der Waals surface area contributed by atoms with Gasteiger partial charge in [0, 0.05) is 23.0 Å². The van der Waals surface area contributed by atoms with Crippen molar-refractivity contribution in [2.45, 2.75) is 23.7 Å². The van der Waals surface area contributed by atoms with Crippen molar-refractivity contribution >= 4 is 22.6 Å².